The minimum atomic E-state index is -1.53. The lowest BCUT2D eigenvalue weighted by molar-refractivity contribution is -0.116. The van der Waals surface area contributed by atoms with Gasteiger partial charge in [-0.25, -0.2) is 0 Å². The third-order valence-corrected chi connectivity index (χ3v) is 4.89. The van der Waals surface area contributed by atoms with Crippen LogP contribution in [0.5, 0.6) is 0 Å². The number of nitrogens with zero attached hydrogens (tertiary/aromatic N) is 2. The van der Waals surface area contributed by atoms with Gasteiger partial charge in [0, 0.05) is 12.1 Å². The molecule has 0 saturated carbocycles. The lowest BCUT2D eigenvalue weighted by Crippen LogP contribution is -2.42. The number of hydrazone groups is 1. The molecule has 1 rings (SSSR count). The molecule has 1 aromatic rings. The van der Waals surface area contributed by atoms with Crippen LogP contribution in [0.4, 0.5) is 0 Å². The van der Waals surface area contributed by atoms with Gasteiger partial charge < -0.3 is 9.47 Å². The normalized spacial score (nSPS) is 12.3. The average molecular weight is 290 g/mol. The Bertz CT molecular complexity index is 463. The van der Waals surface area contributed by atoms with Crippen molar-refractivity contribution in [2.24, 2.45) is 5.10 Å². The summed E-state index contributed by atoms with van der Waals surface area (Å²) in [7, 11) is -1.53. The van der Waals surface area contributed by atoms with E-state index >= 15 is 0 Å². The van der Waals surface area contributed by atoms with Crippen LogP contribution in [0.25, 0.3) is 0 Å². The van der Waals surface area contributed by atoms with E-state index in [1.165, 1.54) is 5.56 Å². The van der Waals surface area contributed by atoms with Crippen LogP contribution in [-0.4, -0.2) is 24.4 Å². The third-order valence-electron chi connectivity index (χ3n) is 3.08. The van der Waals surface area contributed by atoms with Gasteiger partial charge in [0.25, 0.3) is 0 Å². The fourth-order valence-corrected chi connectivity index (χ4v) is 2.92. The molecule has 0 bridgehead atoms. The van der Waals surface area contributed by atoms with E-state index in [0.717, 1.165) is 18.7 Å². The number of Topliss-reactive ketones (excluding diaryl/α,β-unsaturated/α-hetero) is 1. The number of hydrogen-bond acceptors (Lipinski definition) is 3. The molecule has 0 fully saturated rings. The molecule has 0 radical (unpaired) electrons. The Kier molecular flexibility index (Phi) is 6.14. The van der Waals surface area contributed by atoms with Crippen molar-refractivity contribution in [2.45, 2.75) is 52.9 Å². The fraction of sp³-hybridized carbons (Fsp3) is 0.500. The van der Waals surface area contributed by atoms with Crippen molar-refractivity contribution in [1.29, 1.82) is 0 Å². The van der Waals surface area contributed by atoms with Crippen molar-refractivity contribution in [3.05, 3.63) is 35.9 Å². The highest BCUT2D eigenvalue weighted by Crippen LogP contribution is 2.15. The second kappa shape index (κ2) is 7.38. The van der Waals surface area contributed by atoms with Gasteiger partial charge in [0.1, 0.15) is 5.78 Å². The lowest BCUT2D eigenvalue weighted by atomic mass is 10.2. The first-order valence-electron chi connectivity index (χ1n) is 7.14. The molecule has 0 unspecified atom stereocenters. The number of hydrogen-bond donors (Lipinski definition) is 0. The topological polar surface area (TPSA) is 32.7 Å². The smallest absolute Gasteiger partial charge is 0.169 e. The summed E-state index contributed by atoms with van der Waals surface area (Å²) in [6, 6.07) is 10.4. The zero-order chi connectivity index (χ0) is 15.2. The molecule has 0 aliphatic carbocycles. The van der Waals surface area contributed by atoms with Gasteiger partial charge >= 0.3 is 0 Å². The average Bonchev–Trinajstić information content (AvgIpc) is 2.36. The summed E-state index contributed by atoms with van der Waals surface area (Å²) in [5, 5.41) is 4.77. The minimum absolute atomic E-state index is 0.224. The summed E-state index contributed by atoms with van der Waals surface area (Å²) in [6.45, 7) is 11.4. The highest BCUT2D eigenvalue weighted by Gasteiger charge is 2.23. The van der Waals surface area contributed by atoms with Crippen LogP contribution in [-0.2, 0) is 11.3 Å². The van der Waals surface area contributed by atoms with Gasteiger partial charge in [0.2, 0.25) is 0 Å². The molecule has 0 aliphatic heterocycles. The van der Waals surface area contributed by atoms with Crippen LogP contribution in [0.2, 0.25) is 19.6 Å². The Morgan fingerprint density at radius 1 is 1.10 bits per heavy atom. The molecule has 0 spiro atoms. The Morgan fingerprint density at radius 3 is 2.20 bits per heavy atom. The van der Waals surface area contributed by atoms with Gasteiger partial charge in [-0.15, -0.1) is 0 Å². The number of ketones is 1. The Labute approximate surface area is 123 Å². The molecule has 0 amide bonds. The van der Waals surface area contributed by atoms with Crippen LogP contribution in [0.15, 0.2) is 35.4 Å². The van der Waals surface area contributed by atoms with E-state index in [1.807, 2.05) is 13.0 Å². The molecule has 110 valence electrons. The number of carbonyl (C=O) groups is 1. The lowest BCUT2D eigenvalue weighted by Gasteiger charge is -2.32. The maximum Gasteiger partial charge on any atom is 0.169 e. The van der Waals surface area contributed by atoms with E-state index in [1.54, 1.807) is 6.92 Å². The molecule has 1 aromatic carbocycles. The maximum atomic E-state index is 11.1. The Balaban J connectivity index is 2.80. The van der Waals surface area contributed by atoms with Gasteiger partial charge in [-0.05, 0) is 25.8 Å². The molecular formula is C16H26N2OSi. The van der Waals surface area contributed by atoms with Crippen molar-refractivity contribution in [3.63, 3.8) is 0 Å². The van der Waals surface area contributed by atoms with Gasteiger partial charge in [-0.1, -0.05) is 50.0 Å². The zero-order valence-corrected chi connectivity index (χ0v) is 14.3. The second-order valence-electron chi connectivity index (χ2n) is 6.25. The first-order chi connectivity index (χ1) is 9.29. The number of carbonyl (C=O) groups excluding carboxylic acids is 1. The summed E-state index contributed by atoms with van der Waals surface area (Å²) in [4.78, 5) is 11.1. The largest absolute Gasteiger partial charge is 0.320 e. The summed E-state index contributed by atoms with van der Waals surface area (Å²) in [6.07, 6.45) is 1.34. The third kappa shape index (κ3) is 6.15. The van der Waals surface area contributed by atoms with E-state index < -0.39 is 8.24 Å². The van der Waals surface area contributed by atoms with E-state index in [9.17, 15) is 4.79 Å². The zero-order valence-electron chi connectivity index (χ0n) is 13.3. The first kappa shape index (κ1) is 16.6. The highest BCUT2D eigenvalue weighted by molar-refractivity contribution is 6.73. The molecule has 4 heteroatoms. The number of benzene rings is 1. The van der Waals surface area contributed by atoms with Crippen molar-refractivity contribution >= 4 is 19.7 Å². The fourth-order valence-electron chi connectivity index (χ4n) is 1.79. The molecule has 0 aromatic heterocycles. The molecule has 3 nitrogen and oxygen atoms in total. The quantitative estimate of drug-likeness (QED) is 0.431. The van der Waals surface area contributed by atoms with Crippen molar-refractivity contribution in [3.8, 4) is 0 Å². The van der Waals surface area contributed by atoms with Crippen molar-refractivity contribution < 1.29 is 4.79 Å². The molecule has 0 atom stereocenters. The van der Waals surface area contributed by atoms with Gasteiger partial charge in [0.15, 0.2) is 8.24 Å². The van der Waals surface area contributed by atoms with E-state index in [2.05, 4.69) is 48.6 Å². The summed E-state index contributed by atoms with van der Waals surface area (Å²) in [5.74, 6) is 0.224. The summed E-state index contributed by atoms with van der Waals surface area (Å²) in [5.41, 5.74) is 2.32. The van der Waals surface area contributed by atoms with Crippen LogP contribution in [0.1, 0.15) is 32.3 Å². The van der Waals surface area contributed by atoms with E-state index in [-0.39, 0.29) is 5.78 Å². The summed E-state index contributed by atoms with van der Waals surface area (Å²) >= 11 is 0. The predicted octanol–water partition coefficient (Wildman–Crippen LogP) is 4.07. The molecule has 20 heavy (non-hydrogen) atoms. The van der Waals surface area contributed by atoms with Crippen molar-refractivity contribution in [2.75, 3.05) is 0 Å². The van der Waals surface area contributed by atoms with Crippen molar-refractivity contribution in [1.82, 2.24) is 4.67 Å². The van der Waals surface area contributed by atoms with Gasteiger partial charge in [0.05, 0.1) is 6.54 Å². The monoisotopic (exact) mass is 290 g/mol. The SMILES string of the molecule is CC(=O)CCC(C)=NN(Cc1ccccc1)[Si](C)(C)C. The van der Waals surface area contributed by atoms with E-state index in [4.69, 9.17) is 5.10 Å². The van der Waals surface area contributed by atoms with Crippen LogP contribution in [0, 0.1) is 0 Å². The molecule has 0 aliphatic rings. The van der Waals surface area contributed by atoms with Gasteiger partial charge in [-0.3, -0.25) is 0 Å². The minimum Gasteiger partial charge on any atom is -0.320 e. The first-order valence-corrected chi connectivity index (χ1v) is 10.6. The van der Waals surface area contributed by atoms with Crippen LogP contribution < -0.4 is 0 Å². The Morgan fingerprint density at radius 2 is 1.70 bits per heavy atom. The second-order valence-corrected chi connectivity index (χ2v) is 11.1. The predicted molar refractivity (Wildman–Crippen MR) is 88.4 cm³/mol. The molecule has 0 saturated heterocycles. The molecular weight excluding hydrogens is 264 g/mol. The highest BCUT2D eigenvalue weighted by atomic mass is 28.3. The number of rotatable bonds is 7. The maximum absolute atomic E-state index is 11.1. The standard InChI is InChI=1S/C16H26N2OSi/c1-14(11-12-15(2)19)17-18(20(3,4)5)13-16-9-7-6-8-10-16/h6-10H,11-13H2,1-5H3. The Hall–Kier alpha value is -1.42. The van der Waals surface area contributed by atoms with Crippen LogP contribution in [0.3, 0.4) is 0 Å². The van der Waals surface area contributed by atoms with Crippen LogP contribution >= 0.6 is 0 Å². The summed E-state index contributed by atoms with van der Waals surface area (Å²) < 4.78 is 2.23. The molecule has 0 N–H and O–H groups in total. The van der Waals surface area contributed by atoms with Gasteiger partial charge in [-0.2, -0.15) is 5.10 Å². The molecule has 0 heterocycles. The van der Waals surface area contributed by atoms with E-state index in [0.29, 0.717) is 6.42 Å².